The number of aliphatic hydroxyl groups is 1. The Kier molecular flexibility index (Phi) is 3.93. The van der Waals surface area contributed by atoms with Gasteiger partial charge in [-0.15, -0.1) is 0 Å². The summed E-state index contributed by atoms with van der Waals surface area (Å²) < 4.78 is 1.19. The Bertz CT molecular complexity index is 806. The first kappa shape index (κ1) is 15.7. The van der Waals surface area contributed by atoms with Crippen LogP contribution >= 0.6 is 0 Å². The summed E-state index contributed by atoms with van der Waals surface area (Å²) in [7, 11) is 0. The Hall–Kier alpha value is -2.21. The predicted molar refractivity (Wildman–Crippen MR) is 87.9 cm³/mol. The first-order chi connectivity index (χ1) is 10.9. The third-order valence-electron chi connectivity index (χ3n) is 4.73. The molecule has 1 aliphatic rings. The van der Waals surface area contributed by atoms with E-state index in [-0.39, 0.29) is 17.4 Å². The summed E-state index contributed by atoms with van der Waals surface area (Å²) in [6, 6.07) is 7.03. The van der Waals surface area contributed by atoms with Crippen LogP contribution in [0.2, 0.25) is 0 Å². The van der Waals surface area contributed by atoms with Crippen molar-refractivity contribution < 1.29 is 9.90 Å². The second kappa shape index (κ2) is 5.77. The zero-order valence-electron chi connectivity index (χ0n) is 13.4. The highest BCUT2D eigenvalue weighted by atomic mass is 16.3. The average Bonchev–Trinajstić information content (AvgIpc) is 2.97. The molecule has 1 heterocycles. The van der Waals surface area contributed by atoms with E-state index in [4.69, 9.17) is 0 Å². The molecule has 6 heteroatoms. The van der Waals surface area contributed by atoms with Crippen molar-refractivity contribution in [2.45, 2.75) is 51.0 Å². The molecule has 0 spiro atoms. The van der Waals surface area contributed by atoms with E-state index >= 15 is 0 Å². The summed E-state index contributed by atoms with van der Waals surface area (Å²) >= 11 is 0. The summed E-state index contributed by atoms with van der Waals surface area (Å²) in [4.78, 5) is 28.8. The molecule has 2 N–H and O–H groups in total. The lowest BCUT2D eigenvalue weighted by atomic mass is 9.86. The second-order valence-electron chi connectivity index (χ2n) is 6.33. The van der Waals surface area contributed by atoms with Gasteiger partial charge in [0.15, 0.2) is 0 Å². The molecule has 0 bridgehead atoms. The number of benzene rings is 1. The number of para-hydroxylation sites is 1. The summed E-state index contributed by atoms with van der Waals surface area (Å²) in [5.74, 6) is -0.307. The number of fused-ring (bicyclic) bond motifs is 1. The van der Waals surface area contributed by atoms with Crippen molar-refractivity contribution in [1.29, 1.82) is 0 Å². The Labute approximate surface area is 134 Å². The average molecular weight is 315 g/mol. The topological polar surface area (TPSA) is 84.2 Å². The van der Waals surface area contributed by atoms with E-state index < -0.39 is 5.60 Å². The van der Waals surface area contributed by atoms with E-state index in [1.807, 2.05) is 13.0 Å². The highest BCUT2D eigenvalue weighted by Gasteiger charge is 2.40. The Morgan fingerprint density at radius 1 is 1.35 bits per heavy atom. The van der Waals surface area contributed by atoms with Crippen LogP contribution in [0.25, 0.3) is 10.9 Å². The lowest BCUT2D eigenvalue weighted by Crippen LogP contribution is -2.41. The first-order valence-corrected chi connectivity index (χ1v) is 7.94. The highest BCUT2D eigenvalue weighted by Crippen LogP contribution is 2.40. The van der Waals surface area contributed by atoms with Crippen LogP contribution in [-0.2, 0) is 4.79 Å². The molecule has 1 amide bonds. The fraction of sp³-hybridized carbons (Fsp3) is 0.471. The molecular formula is C17H21N3O3. The molecule has 1 aliphatic carbocycles. The molecule has 0 radical (unpaired) electrons. The first-order valence-electron chi connectivity index (χ1n) is 7.94. The van der Waals surface area contributed by atoms with Crippen LogP contribution in [0.3, 0.4) is 0 Å². The molecule has 1 aromatic carbocycles. The van der Waals surface area contributed by atoms with Gasteiger partial charge in [-0.3, -0.25) is 15.0 Å². The van der Waals surface area contributed by atoms with Crippen molar-refractivity contribution in [3.63, 3.8) is 0 Å². The number of aromatic nitrogens is 2. The third-order valence-corrected chi connectivity index (χ3v) is 4.73. The number of nitrogens with zero attached hydrogens (tertiary/aromatic N) is 2. The van der Waals surface area contributed by atoms with Gasteiger partial charge in [-0.1, -0.05) is 31.9 Å². The standard InChI is InChI=1S/C17H21N3O3/c1-11(17(23)9-5-6-10-17)15-18-14-8-4-3-7-13(14)16(22)20(15)19-12(2)21/h3-4,7-8,11,23H,5-6,9-10H2,1-2H3,(H,19,21). The number of hydrogen-bond acceptors (Lipinski definition) is 4. The van der Waals surface area contributed by atoms with Crippen LogP contribution in [0.5, 0.6) is 0 Å². The molecule has 1 saturated carbocycles. The smallest absolute Gasteiger partial charge is 0.280 e. The normalized spacial score (nSPS) is 18.0. The summed E-state index contributed by atoms with van der Waals surface area (Å²) in [5, 5.41) is 11.3. The van der Waals surface area contributed by atoms with Gasteiger partial charge in [0.25, 0.3) is 5.56 Å². The summed E-state index contributed by atoms with van der Waals surface area (Å²) in [6.45, 7) is 3.21. The van der Waals surface area contributed by atoms with E-state index in [9.17, 15) is 14.7 Å². The number of amides is 1. The van der Waals surface area contributed by atoms with Gasteiger partial charge in [0.05, 0.1) is 16.5 Å². The van der Waals surface area contributed by atoms with Gasteiger partial charge in [-0.05, 0) is 25.0 Å². The number of nitrogens with one attached hydrogen (secondary N) is 1. The Morgan fingerprint density at radius 3 is 2.65 bits per heavy atom. The van der Waals surface area contributed by atoms with Crippen molar-refractivity contribution in [2.75, 3.05) is 5.43 Å². The monoisotopic (exact) mass is 315 g/mol. The zero-order chi connectivity index (χ0) is 16.6. The molecule has 2 aromatic rings. The summed E-state index contributed by atoms with van der Waals surface area (Å²) in [5.41, 5.74) is 1.91. The molecule has 1 unspecified atom stereocenters. The molecular weight excluding hydrogens is 294 g/mol. The minimum Gasteiger partial charge on any atom is -0.389 e. The van der Waals surface area contributed by atoms with Crippen molar-refractivity contribution in [1.82, 2.24) is 9.66 Å². The minimum absolute atomic E-state index is 0.325. The van der Waals surface area contributed by atoms with E-state index in [0.29, 0.717) is 29.6 Å². The lowest BCUT2D eigenvalue weighted by Gasteiger charge is -2.30. The van der Waals surface area contributed by atoms with Gasteiger partial charge in [0.2, 0.25) is 5.91 Å². The van der Waals surface area contributed by atoms with Crippen LogP contribution in [0.4, 0.5) is 0 Å². The zero-order valence-corrected chi connectivity index (χ0v) is 13.4. The van der Waals surface area contributed by atoms with Gasteiger partial charge < -0.3 is 5.11 Å². The molecule has 1 aromatic heterocycles. The molecule has 0 saturated heterocycles. The number of hydrogen-bond donors (Lipinski definition) is 2. The largest absolute Gasteiger partial charge is 0.389 e. The van der Waals surface area contributed by atoms with Crippen molar-refractivity contribution in [3.05, 3.63) is 40.4 Å². The van der Waals surface area contributed by atoms with Crippen molar-refractivity contribution in [3.8, 4) is 0 Å². The fourth-order valence-corrected chi connectivity index (χ4v) is 3.37. The maximum atomic E-state index is 12.7. The van der Waals surface area contributed by atoms with Crippen LogP contribution in [-0.4, -0.2) is 26.3 Å². The fourth-order valence-electron chi connectivity index (χ4n) is 3.37. The van der Waals surface area contributed by atoms with Crippen LogP contribution in [0, 0.1) is 0 Å². The van der Waals surface area contributed by atoms with Gasteiger partial charge in [0.1, 0.15) is 5.82 Å². The lowest BCUT2D eigenvalue weighted by molar-refractivity contribution is -0.115. The van der Waals surface area contributed by atoms with Gasteiger partial charge in [-0.2, -0.15) is 0 Å². The maximum absolute atomic E-state index is 12.7. The van der Waals surface area contributed by atoms with E-state index in [2.05, 4.69) is 10.4 Å². The van der Waals surface area contributed by atoms with Gasteiger partial charge in [0, 0.05) is 12.8 Å². The van der Waals surface area contributed by atoms with E-state index in [1.54, 1.807) is 18.2 Å². The minimum atomic E-state index is -0.887. The molecule has 3 rings (SSSR count). The van der Waals surface area contributed by atoms with Crippen molar-refractivity contribution in [2.24, 2.45) is 0 Å². The quantitative estimate of drug-likeness (QED) is 0.906. The molecule has 6 nitrogen and oxygen atoms in total. The Morgan fingerprint density at radius 2 is 2.00 bits per heavy atom. The summed E-state index contributed by atoms with van der Waals surface area (Å²) in [6.07, 6.45) is 3.27. The Balaban J connectivity index is 2.21. The van der Waals surface area contributed by atoms with Crippen LogP contribution < -0.4 is 11.0 Å². The van der Waals surface area contributed by atoms with E-state index in [0.717, 1.165) is 12.8 Å². The van der Waals surface area contributed by atoms with Gasteiger partial charge in [-0.25, -0.2) is 9.66 Å². The number of rotatable bonds is 3. The third kappa shape index (κ3) is 2.74. The maximum Gasteiger partial charge on any atom is 0.280 e. The highest BCUT2D eigenvalue weighted by molar-refractivity contribution is 5.82. The molecule has 23 heavy (non-hydrogen) atoms. The number of carbonyl (C=O) groups excluding carboxylic acids is 1. The molecule has 1 fully saturated rings. The molecule has 0 aliphatic heterocycles. The van der Waals surface area contributed by atoms with E-state index in [1.165, 1.54) is 11.6 Å². The van der Waals surface area contributed by atoms with Crippen LogP contribution in [0.15, 0.2) is 29.1 Å². The van der Waals surface area contributed by atoms with Crippen LogP contribution in [0.1, 0.15) is 51.3 Å². The predicted octanol–water partition coefficient (Wildman–Crippen LogP) is 1.90. The SMILES string of the molecule is CC(=O)Nn1c(C(C)C2(O)CCCC2)nc2ccccc2c1=O. The molecule has 122 valence electrons. The second-order valence-corrected chi connectivity index (χ2v) is 6.33. The van der Waals surface area contributed by atoms with Crippen molar-refractivity contribution >= 4 is 16.8 Å². The number of carbonyl (C=O) groups is 1. The molecule has 1 atom stereocenters. The van der Waals surface area contributed by atoms with Gasteiger partial charge >= 0.3 is 0 Å².